The lowest BCUT2D eigenvalue weighted by atomic mass is 9.96. The number of hydrogen-bond donors (Lipinski definition) is 3. The molecule has 0 aliphatic rings. The van der Waals surface area contributed by atoms with E-state index in [-0.39, 0.29) is 12.4 Å². The molecule has 0 aliphatic heterocycles. The van der Waals surface area contributed by atoms with Gasteiger partial charge < -0.3 is 15.7 Å². The molecular weight excluding hydrogens is 317 g/mol. The maximum Gasteiger partial charge on any atom is 0.191 e. The van der Waals surface area contributed by atoms with E-state index in [2.05, 4.69) is 15.6 Å². The molecule has 0 aromatic heterocycles. The predicted molar refractivity (Wildman–Crippen MR) is 100 cm³/mol. The first-order valence-electron chi connectivity index (χ1n) is 8.56. The molecule has 0 saturated carbocycles. The topological polar surface area (TPSA) is 56.7 Å². The van der Waals surface area contributed by atoms with E-state index in [1.807, 2.05) is 37.3 Å². The van der Waals surface area contributed by atoms with Gasteiger partial charge in [0.15, 0.2) is 5.96 Å². The van der Waals surface area contributed by atoms with Gasteiger partial charge in [-0.2, -0.15) is 0 Å². The molecule has 1 atom stereocenters. The van der Waals surface area contributed by atoms with Crippen molar-refractivity contribution in [1.29, 1.82) is 0 Å². The third-order valence-corrected chi connectivity index (χ3v) is 3.90. The van der Waals surface area contributed by atoms with Crippen LogP contribution in [0.4, 0.5) is 4.39 Å². The zero-order chi connectivity index (χ0) is 18.1. The van der Waals surface area contributed by atoms with Gasteiger partial charge in [0.25, 0.3) is 0 Å². The van der Waals surface area contributed by atoms with E-state index >= 15 is 0 Å². The van der Waals surface area contributed by atoms with E-state index in [4.69, 9.17) is 0 Å². The SMILES string of the molecule is CCNC(=NCC(C)(O)c1ccccc1)NCCc1ccc(F)cc1. The molecule has 0 spiro atoms. The van der Waals surface area contributed by atoms with Crippen LogP contribution in [-0.4, -0.2) is 30.7 Å². The molecule has 2 rings (SSSR count). The Labute approximate surface area is 148 Å². The van der Waals surface area contributed by atoms with E-state index in [9.17, 15) is 9.50 Å². The molecule has 0 radical (unpaired) electrons. The van der Waals surface area contributed by atoms with Crippen molar-refractivity contribution in [3.8, 4) is 0 Å². The third kappa shape index (κ3) is 6.19. The summed E-state index contributed by atoms with van der Waals surface area (Å²) in [5.74, 6) is 0.426. The fourth-order valence-corrected chi connectivity index (χ4v) is 2.44. The highest BCUT2D eigenvalue weighted by molar-refractivity contribution is 5.79. The van der Waals surface area contributed by atoms with Gasteiger partial charge >= 0.3 is 0 Å². The normalized spacial score (nSPS) is 14.0. The van der Waals surface area contributed by atoms with Crippen molar-refractivity contribution in [3.05, 3.63) is 71.5 Å². The molecule has 3 N–H and O–H groups in total. The molecule has 0 heterocycles. The predicted octanol–water partition coefficient (Wildman–Crippen LogP) is 2.83. The lowest BCUT2D eigenvalue weighted by molar-refractivity contribution is 0.0672. The third-order valence-electron chi connectivity index (χ3n) is 3.90. The number of nitrogens with zero attached hydrogens (tertiary/aromatic N) is 1. The Morgan fingerprint density at radius 1 is 1.08 bits per heavy atom. The van der Waals surface area contributed by atoms with Crippen LogP contribution in [0.3, 0.4) is 0 Å². The minimum Gasteiger partial charge on any atom is -0.384 e. The number of aliphatic hydroxyl groups is 1. The molecule has 134 valence electrons. The van der Waals surface area contributed by atoms with E-state index in [1.165, 1.54) is 12.1 Å². The molecular formula is C20H26FN3O. The second-order valence-corrected chi connectivity index (χ2v) is 6.14. The van der Waals surface area contributed by atoms with Crippen LogP contribution >= 0.6 is 0 Å². The van der Waals surface area contributed by atoms with Crippen LogP contribution in [0.1, 0.15) is 25.0 Å². The molecule has 0 saturated heterocycles. The molecule has 25 heavy (non-hydrogen) atoms. The van der Waals surface area contributed by atoms with E-state index in [1.54, 1.807) is 19.1 Å². The van der Waals surface area contributed by atoms with Gasteiger partial charge in [0.2, 0.25) is 0 Å². The maximum atomic E-state index is 12.9. The van der Waals surface area contributed by atoms with Crippen molar-refractivity contribution < 1.29 is 9.50 Å². The Balaban J connectivity index is 1.92. The molecule has 1 unspecified atom stereocenters. The van der Waals surface area contributed by atoms with Gasteiger partial charge in [0.1, 0.15) is 11.4 Å². The zero-order valence-corrected chi connectivity index (χ0v) is 14.8. The van der Waals surface area contributed by atoms with Crippen LogP contribution in [-0.2, 0) is 12.0 Å². The average Bonchev–Trinajstić information content (AvgIpc) is 2.62. The first kappa shape index (κ1) is 18.9. The quantitative estimate of drug-likeness (QED) is 0.535. The van der Waals surface area contributed by atoms with E-state index in [0.29, 0.717) is 12.5 Å². The minimum atomic E-state index is -1.03. The molecule has 0 aliphatic carbocycles. The average molecular weight is 343 g/mol. The van der Waals surface area contributed by atoms with E-state index < -0.39 is 5.60 Å². The highest BCUT2D eigenvalue weighted by atomic mass is 19.1. The van der Waals surface area contributed by atoms with Crippen LogP contribution in [0.25, 0.3) is 0 Å². The van der Waals surface area contributed by atoms with Crippen LogP contribution in [0, 0.1) is 5.82 Å². The first-order chi connectivity index (χ1) is 12.0. The highest BCUT2D eigenvalue weighted by Crippen LogP contribution is 2.20. The number of aliphatic imine (C=N–C) groups is 1. The first-order valence-corrected chi connectivity index (χ1v) is 8.56. The van der Waals surface area contributed by atoms with Crippen molar-refractivity contribution in [2.24, 2.45) is 4.99 Å². The fraction of sp³-hybridized carbons (Fsp3) is 0.350. The molecule has 2 aromatic rings. The largest absolute Gasteiger partial charge is 0.384 e. The Bertz CT molecular complexity index is 669. The Hall–Kier alpha value is -2.40. The lowest BCUT2D eigenvalue weighted by Crippen LogP contribution is -2.39. The molecule has 0 fully saturated rings. The van der Waals surface area contributed by atoms with Gasteiger partial charge in [-0.05, 0) is 43.5 Å². The summed E-state index contributed by atoms with van der Waals surface area (Å²) in [7, 11) is 0. The zero-order valence-electron chi connectivity index (χ0n) is 14.8. The summed E-state index contributed by atoms with van der Waals surface area (Å²) < 4.78 is 12.9. The number of hydrogen-bond acceptors (Lipinski definition) is 2. The van der Waals surface area contributed by atoms with E-state index in [0.717, 1.165) is 24.1 Å². The molecule has 4 nitrogen and oxygen atoms in total. The van der Waals surface area contributed by atoms with Gasteiger partial charge in [-0.1, -0.05) is 42.5 Å². The van der Waals surface area contributed by atoms with Crippen LogP contribution in [0.5, 0.6) is 0 Å². The fourth-order valence-electron chi connectivity index (χ4n) is 2.44. The summed E-state index contributed by atoms with van der Waals surface area (Å²) in [5, 5.41) is 17.0. The summed E-state index contributed by atoms with van der Waals surface area (Å²) in [6, 6.07) is 16.0. The molecule has 5 heteroatoms. The van der Waals surface area contributed by atoms with Gasteiger partial charge in [-0.25, -0.2) is 9.38 Å². The number of rotatable bonds is 7. The van der Waals surface area contributed by atoms with Crippen molar-refractivity contribution in [2.45, 2.75) is 25.9 Å². The van der Waals surface area contributed by atoms with Gasteiger partial charge in [0, 0.05) is 13.1 Å². The standard InChI is InChI=1S/C20H26FN3O/c1-3-22-19(23-14-13-16-9-11-18(21)12-10-16)24-15-20(2,25)17-7-5-4-6-8-17/h4-12,25H,3,13-15H2,1-2H3,(H2,22,23,24). The number of guanidine groups is 1. The van der Waals surface area contributed by atoms with Crippen LogP contribution < -0.4 is 10.6 Å². The number of nitrogens with one attached hydrogen (secondary N) is 2. The van der Waals surface area contributed by atoms with Crippen LogP contribution in [0.15, 0.2) is 59.6 Å². The number of halogens is 1. The summed E-state index contributed by atoms with van der Waals surface area (Å²) in [6.45, 7) is 5.41. The maximum absolute atomic E-state index is 12.9. The summed E-state index contributed by atoms with van der Waals surface area (Å²) in [4.78, 5) is 4.49. The molecule has 0 bridgehead atoms. The van der Waals surface area contributed by atoms with Crippen molar-refractivity contribution in [2.75, 3.05) is 19.6 Å². The molecule has 2 aromatic carbocycles. The van der Waals surface area contributed by atoms with Crippen molar-refractivity contribution >= 4 is 5.96 Å². The van der Waals surface area contributed by atoms with Gasteiger partial charge in [-0.15, -0.1) is 0 Å². The highest BCUT2D eigenvalue weighted by Gasteiger charge is 2.22. The summed E-state index contributed by atoms with van der Waals surface area (Å²) in [5.41, 5.74) is 0.863. The Morgan fingerprint density at radius 3 is 2.40 bits per heavy atom. The number of benzene rings is 2. The Morgan fingerprint density at radius 2 is 1.76 bits per heavy atom. The second kappa shape index (κ2) is 9.18. The van der Waals surface area contributed by atoms with Crippen LogP contribution in [0.2, 0.25) is 0 Å². The summed E-state index contributed by atoms with van der Waals surface area (Å²) >= 11 is 0. The van der Waals surface area contributed by atoms with Crippen molar-refractivity contribution in [3.63, 3.8) is 0 Å². The van der Waals surface area contributed by atoms with Gasteiger partial charge in [0.05, 0.1) is 6.54 Å². The van der Waals surface area contributed by atoms with Crippen molar-refractivity contribution in [1.82, 2.24) is 10.6 Å². The smallest absolute Gasteiger partial charge is 0.191 e. The minimum absolute atomic E-state index is 0.227. The summed E-state index contributed by atoms with van der Waals surface area (Å²) in [6.07, 6.45) is 0.764. The lowest BCUT2D eigenvalue weighted by Gasteiger charge is -2.22. The molecule has 0 amide bonds. The second-order valence-electron chi connectivity index (χ2n) is 6.14. The van der Waals surface area contributed by atoms with Gasteiger partial charge in [-0.3, -0.25) is 0 Å². The Kier molecular flexibility index (Phi) is 6.95. The monoisotopic (exact) mass is 343 g/mol.